The summed E-state index contributed by atoms with van der Waals surface area (Å²) in [6.07, 6.45) is 0. The Morgan fingerprint density at radius 1 is 1.40 bits per heavy atom. The quantitative estimate of drug-likeness (QED) is 0.807. The van der Waals surface area contributed by atoms with Crippen LogP contribution in [0, 0.1) is 0 Å². The summed E-state index contributed by atoms with van der Waals surface area (Å²) in [6.45, 7) is 0.523. The average Bonchev–Trinajstić information content (AvgIpc) is 2.61. The van der Waals surface area contributed by atoms with Crippen LogP contribution >= 0.6 is 30.5 Å². The second kappa shape index (κ2) is 4.51. The Bertz CT molecular complexity index is 484. The molecule has 0 saturated carbocycles. The van der Waals surface area contributed by atoms with Gasteiger partial charge < -0.3 is 5.73 Å². The number of rotatable bonds is 2. The van der Waals surface area contributed by atoms with Crippen LogP contribution in [0.25, 0.3) is 0 Å². The van der Waals surface area contributed by atoms with Crippen molar-refractivity contribution < 1.29 is 0 Å². The van der Waals surface area contributed by atoms with Crippen molar-refractivity contribution in [3.8, 4) is 0 Å². The molecule has 0 fully saturated rings. The second-order valence-electron chi connectivity index (χ2n) is 2.99. The van der Waals surface area contributed by atoms with Crippen molar-refractivity contribution in [2.24, 2.45) is 10.8 Å². The molecule has 15 heavy (non-hydrogen) atoms. The molecule has 0 radical (unpaired) electrons. The standard InChI is InChI=1S/C10H11ClIN3/c1-12-9(6-13)14-15-10(12)7-2-4-8(11)5-3-7/h2-5,14H,1,6,13H2. The highest BCUT2D eigenvalue weighted by molar-refractivity contribution is 14.2. The minimum Gasteiger partial charge on any atom is -0.325 e. The molecule has 1 aromatic carbocycles. The monoisotopic (exact) mass is 335 g/mol. The van der Waals surface area contributed by atoms with Gasteiger partial charge in [0.05, 0.1) is 3.63 Å². The van der Waals surface area contributed by atoms with Gasteiger partial charge in [-0.2, -0.15) is 5.10 Å². The largest absolute Gasteiger partial charge is 0.325 e. The van der Waals surface area contributed by atoms with E-state index in [1.54, 1.807) is 0 Å². The molecule has 5 heteroatoms. The van der Waals surface area contributed by atoms with E-state index in [0.29, 0.717) is 6.54 Å². The first kappa shape index (κ1) is 10.9. The molecule has 2 rings (SSSR count). The number of nitrogens with one attached hydrogen (secondary N) is 1. The summed E-state index contributed by atoms with van der Waals surface area (Å²) in [7, 11) is 0. The van der Waals surface area contributed by atoms with E-state index in [4.69, 9.17) is 17.3 Å². The van der Waals surface area contributed by atoms with Crippen molar-refractivity contribution in [3.05, 3.63) is 34.9 Å². The summed E-state index contributed by atoms with van der Waals surface area (Å²) in [5.74, 6) is 0. The molecule has 0 spiro atoms. The summed E-state index contributed by atoms with van der Waals surface area (Å²) in [5.41, 5.74) is 9.66. The van der Waals surface area contributed by atoms with Crippen molar-refractivity contribution in [1.29, 1.82) is 0 Å². The Balaban J connectivity index is 2.38. The number of halogens is 2. The topological polar surface area (TPSA) is 50.4 Å². The van der Waals surface area contributed by atoms with Gasteiger partial charge in [0.1, 0.15) is 3.72 Å². The number of nitrogens with zero attached hydrogens (tertiary/aromatic N) is 1. The highest BCUT2D eigenvalue weighted by Gasteiger charge is 2.11. The molecule has 0 saturated heterocycles. The summed E-state index contributed by atoms with van der Waals surface area (Å²) >= 11 is 4.26. The third-order valence-electron chi connectivity index (χ3n) is 2.03. The number of nitrogens with two attached hydrogens (primary N) is 1. The van der Waals surface area contributed by atoms with Crippen molar-refractivity contribution in [3.63, 3.8) is 0 Å². The van der Waals surface area contributed by atoms with E-state index >= 15 is 0 Å². The van der Waals surface area contributed by atoms with Crippen LogP contribution in [0.1, 0.15) is 5.56 Å². The molecule has 1 aromatic rings. The summed E-state index contributed by atoms with van der Waals surface area (Å²) < 4.78 is 6.35. The molecule has 1 aliphatic rings. The van der Waals surface area contributed by atoms with Gasteiger partial charge in [-0.25, -0.2) is 0 Å². The molecule has 0 unspecified atom stereocenters. The lowest BCUT2D eigenvalue weighted by Gasteiger charge is -1.98. The van der Waals surface area contributed by atoms with E-state index < -0.39 is 18.9 Å². The van der Waals surface area contributed by atoms with Crippen LogP contribution in [0.2, 0.25) is 5.02 Å². The van der Waals surface area contributed by atoms with E-state index in [2.05, 4.69) is 15.0 Å². The van der Waals surface area contributed by atoms with Crippen molar-refractivity contribution in [2.45, 2.75) is 0 Å². The van der Waals surface area contributed by atoms with Gasteiger partial charge >= 0.3 is 0 Å². The summed E-state index contributed by atoms with van der Waals surface area (Å²) in [5, 5.41) is 5.02. The number of hydrogen-bond acceptors (Lipinski definition) is 3. The van der Waals surface area contributed by atoms with E-state index in [0.717, 1.165) is 17.9 Å². The van der Waals surface area contributed by atoms with Crippen LogP contribution in [-0.2, 0) is 0 Å². The van der Waals surface area contributed by atoms with Crippen LogP contribution in [0.3, 0.4) is 0 Å². The maximum Gasteiger partial charge on any atom is 0.119 e. The minimum atomic E-state index is -1.56. The molecule has 0 bridgehead atoms. The van der Waals surface area contributed by atoms with Gasteiger partial charge in [0.25, 0.3) is 0 Å². The zero-order chi connectivity index (χ0) is 10.8. The molecular weight excluding hydrogens is 324 g/mol. The lowest BCUT2D eigenvalue weighted by Crippen LogP contribution is -2.22. The smallest absolute Gasteiger partial charge is 0.119 e. The first-order chi connectivity index (χ1) is 7.22. The highest BCUT2D eigenvalue weighted by atomic mass is 127. The molecule has 1 heterocycles. The van der Waals surface area contributed by atoms with E-state index in [9.17, 15) is 0 Å². The fourth-order valence-corrected chi connectivity index (χ4v) is 4.45. The zero-order valence-electron chi connectivity index (χ0n) is 8.00. The van der Waals surface area contributed by atoms with E-state index in [1.807, 2.05) is 24.3 Å². The highest BCUT2D eigenvalue weighted by Crippen LogP contribution is 2.24. The maximum absolute atomic E-state index is 5.83. The Hall–Kier alpha value is -0.590. The second-order valence-corrected chi connectivity index (χ2v) is 7.82. The summed E-state index contributed by atoms with van der Waals surface area (Å²) in [6, 6.07) is 7.67. The van der Waals surface area contributed by atoms with Gasteiger partial charge in [-0.15, -0.1) is 0 Å². The van der Waals surface area contributed by atoms with Gasteiger partial charge in [0.2, 0.25) is 0 Å². The van der Waals surface area contributed by atoms with Crippen molar-refractivity contribution in [1.82, 2.24) is 5.43 Å². The van der Waals surface area contributed by atoms with Crippen molar-refractivity contribution in [2.75, 3.05) is 6.54 Å². The molecule has 1 aliphatic heterocycles. The van der Waals surface area contributed by atoms with Crippen LogP contribution in [0.4, 0.5) is 0 Å². The van der Waals surface area contributed by atoms with Crippen molar-refractivity contribution >= 4 is 42.3 Å². The fraction of sp³-hybridized carbons (Fsp3) is 0.100. The van der Waals surface area contributed by atoms with E-state index in [-0.39, 0.29) is 0 Å². The van der Waals surface area contributed by atoms with Gasteiger partial charge in [0.15, 0.2) is 0 Å². The predicted molar refractivity (Wildman–Crippen MR) is 76.3 cm³/mol. The fourth-order valence-electron chi connectivity index (χ4n) is 1.24. The number of hydrazone groups is 1. The predicted octanol–water partition coefficient (Wildman–Crippen LogP) is 1.63. The summed E-state index contributed by atoms with van der Waals surface area (Å²) in [4.78, 5) is 0. The molecule has 0 aromatic heterocycles. The third-order valence-corrected chi connectivity index (χ3v) is 6.63. The first-order valence-corrected chi connectivity index (χ1v) is 8.43. The Labute approximate surface area is 99.7 Å². The van der Waals surface area contributed by atoms with Gasteiger partial charge in [-0.05, 0) is 12.1 Å². The van der Waals surface area contributed by atoms with Gasteiger partial charge in [-0.3, -0.25) is 5.43 Å². The lowest BCUT2D eigenvalue weighted by molar-refractivity contribution is 1.03. The van der Waals surface area contributed by atoms with Crippen LogP contribution in [0.5, 0.6) is 0 Å². The maximum atomic E-state index is 5.83. The Morgan fingerprint density at radius 3 is 2.60 bits per heavy atom. The molecule has 0 aliphatic carbocycles. The van der Waals surface area contributed by atoms with Crippen LogP contribution < -0.4 is 11.2 Å². The third kappa shape index (κ3) is 2.16. The number of benzene rings is 1. The van der Waals surface area contributed by atoms with Crippen LogP contribution in [0.15, 0.2) is 29.4 Å². The average molecular weight is 336 g/mol. The first-order valence-electron chi connectivity index (χ1n) is 4.36. The minimum absolute atomic E-state index is 0.523. The Morgan fingerprint density at radius 2 is 2.07 bits per heavy atom. The molecular formula is C10H11ClIN3. The number of hydrogen-bond donors (Lipinski definition) is 2. The molecule has 0 amide bonds. The normalized spacial score (nSPS) is 16.4. The zero-order valence-corrected chi connectivity index (χ0v) is 10.9. The molecule has 3 N–H and O–H groups in total. The molecule has 80 valence electrons. The van der Waals surface area contributed by atoms with E-state index in [1.165, 1.54) is 0 Å². The van der Waals surface area contributed by atoms with Gasteiger partial charge in [-0.1, -0.05) is 47.1 Å². The SMILES string of the molecule is C=I1=C(CN)NN=C1c1ccc(Cl)cc1. The lowest BCUT2D eigenvalue weighted by atomic mass is 10.2. The Kier molecular flexibility index (Phi) is 3.28. The van der Waals surface area contributed by atoms with Gasteiger partial charge in [0, 0.05) is 17.1 Å². The van der Waals surface area contributed by atoms with Crippen LogP contribution in [-0.4, -0.2) is 18.4 Å². The molecule has 0 atom stereocenters. The molecule has 3 nitrogen and oxygen atoms in total.